The number of rotatable bonds is 3. The second-order valence-electron chi connectivity index (χ2n) is 3.10. The van der Waals surface area contributed by atoms with Gasteiger partial charge in [-0.15, -0.1) is 0 Å². The van der Waals surface area contributed by atoms with Crippen molar-refractivity contribution in [2.75, 3.05) is 0 Å². The largest absolute Gasteiger partial charge is 0.325 e. The molecule has 2 heterocycles. The minimum atomic E-state index is -0.0887. The summed E-state index contributed by atoms with van der Waals surface area (Å²) >= 11 is 0. The summed E-state index contributed by atoms with van der Waals surface area (Å²) in [4.78, 5) is 13.8. The van der Waals surface area contributed by atoms with Crippen molar-refractivity contribution in [2.24, 2.45) is 0 Å². The van der Waals surface area contributed by atoms with Gasteiger partial charge in [-0.1, -0.05) is 0 Å². The molecule has 0 fully saturated rings. The molecule has 0 saturated heterocycles. The fourth-order valence-electron chi connectivity index (χ4n) is 1.33. The van der Waals surface area contributed by atoms with E-state index in [1.165, 1.54) is 0 Å². The Morgan fingerprint density at radius 2 is 2.43 bits per heavy atom. The Kier molecular flexibility index (Phi) is 2.22. The van der Waals surface area contributed by atoms with E-state index in [-0.39, 0.29) is 5.69 Å². The summed E-state index contributed by atoms with van der Waals surface area (Å²) in [6.45, 7) is 3.45. The van der Waals surface area contributed by atoms with Crippen molar-refractivity contribution < 1.29 is 0 Å². The van der Waals surface area contributed by atoms with Crippen molar-refractivity contribution in [3.05, 3.63) is 40.8 Å². The summed E-state index contributed by atoms with van der Waals surface area (Å²) in [6, 6.07) is 0. The topological polar surface area (TPSA) is 55.6 Å². The Labute approximate surface area is 81.0 Å². The summed E-state index contributed by atoms with van der Waals surface area (Å²) in [5, 5.41) is 4.14. The number of aromatic amines is 1. The molecule has 5 heteroatoms. The zero-order valence-corrected chi connectivity index (χ0v) is 7.97. The van der Waals surface area contributed by atoms with E-state index in [0.717, 1.165) is 12.1 Å². The number of imidazole rings is 1. The van der Waals surface area contributed by atoms with Gasteiger partial charge in [0.05, 0.1) is 12.7 Å². The highest BCUT2D eigenvalue weighted by Gasteiger charge is 2.00. The molecule has 1 N–H and O–H groups in total. The van der Waals surface area contributed by atoms with Gasteiger partial charge in [0.15, 0.2) is 0 Å². The first-order valence-corrected chi connectivity index (χ1v) is 4.54. The van der Waals surface area contributed by atoms with E-state index in [4.69, 9.17) is 0 Å². The molecule has 14 heavy (non-hydrogen) atoms. The highest BCUT2D eigenvalue weighted by molar-refractivity contribution is 5.04. The molecule has 0 aliphatic carbocycles. The first kappa shape index (κ1) is 8.80. The van der Waals surface area contributed by atoms with Crippen LogP contribution in [0.2, 0.25) is 0 Å². The van der Waals surface area contributed by atoms with Crippen LogP contribution >= 0.6 is 0 Å². The summed E-state index contributed by atoms with van der Waals surface area (Å²) in [5.41, 5.74) is 0.947. The van der Waals surface area contributed by atoms with Crippen molar-refractivity contribution in [1.82, 2.24) is 19.3 Å². The molecule has 2 aromatic heterocycles. The van der Waals surface area contributed by atoms with E-state index >= 15 is 0 Å². The first-order chi connectivity index (χ1) is 6.79. The lowest BCUT2D eigenvalue weighted by molar-refractivity contribution is 0.658. The third kappa shape index (κ3) is 1.61. The molecule has 0 atom stereocenters. The van der Waals surface area contributed by atoms with Gasteiger partial charge < -0.3 is 4.98 Å². The molecular weight excluding hydrogens is 180 g/mol. The fourth-order valence-corrected chi connectivity index (χ4v) is 1.33. The molecule has 0 bridgehead atoms. The number of nitrogens with one attached hydrogen (secondary N) is 1. The smallest absolute Gasteiger partial charge is 0.313 e. The molecule has 74 valence electrons. The maximum absolute atomic E-state index is 11.2. The lowest BCUT2D eigenvalue weighted by Crippen LogP contribution is -2.16. The van der Waals surface area contributed by atoms with Gasteiger partial charge in [-0.05, 0) is 6.92 Å². The second-order valence-corrected chi connectivity index (χ2v) is 3.10. The van der Waals surface area contributed by atoms with Crippen LogP contribution in [0.5, 0.6) is 0 Å². The zero-order valence-electron chi connectivity index (χ0n) is 7.97. The number of aromatic nitrogens is 4. The average molecular weight is 192 g/mol. The molecule has 2 aromatic rings. The Morgan fingerprint density at radius 3 is 3.00 bits per heavy atom. The van der Waals surface area contributed by atoms with E-state index in [0.29, 0.717) is 6.54 Å². The number of hydrogen-bond acceptors (Lipinski definition) is 2. The predicted octanol–water partition coefficient (Wildman–Crippen LogP) is 0.441. The van der Waals surface area contributed by atoms with Crippen LogP contribution in [0.4, 0.5) is 0 Å². The SMILES string of the molecule is CCn1cc(Cn2cc[nH]c2=O)cn1. The van der Waals surface area contributed by atoms with Crippen molar-refractivity contribution in [1.29, 1.82) is 0 Å². The van der Waals surface area contributed by atoms with Gasteiger partial charge in [-0.3, -0.25) is 9.25 Å². The van der Waals surface area contributed by atoms with Gasteiger partial charge >= 0.3 is 5.69 Å². The molecule has 0 saturated carbocycles. The van der Waals surface area contributed by atoms with E-state index in [2.05, 4.69) is 10.1 Å². The Bertz CT molecular complexity index is 465. The van der Waals surface area contributed by atoms with Crippen molar-refractivity contribution in [3.8, 4) is 0 Å². The quantitative estimate of drug-likeness (QED) is 0.767. The van der Waals surface area contributed by atoms with Gasteiger partial charge in [0.25, 0.3) is 0 Å². The highest BCUT2D eigenvalue weighted by atomic mass is 16.1. The van der Waals surface area contributed by atoms with Gasteiger partial charge in [0, 0.05) is 30.7 Å². The molecule has 0 aliphatic heterocycles. The van der Waals surface area contributed by atoms with Gasteiger partial charge in [-0.25, -0.2) is 4.79 Å². The average Bonchev–Trinajstić information content (AvgIpc) is 2.77. The Balaban J connectivity index is 2.19. The molecule has 0 amide bonds. The molecule has 0 aromatic carbocycles. The molecule has 2 rings (SSSR count). The van der Waals surface area contributed by atoms with Crippen molar-refractivity contribution in [2.45, 2.75) is 20.0 Å². The highest BCUT2D eigenvalue weighted by Crippen LogP contribution is 1.99. The Hall–Kier alpha value is -1.78. The van der Waals surface area contributed by atoms with Crippen LogP contribution in [0, 0.1) is 0 Å². The second kappa shape index (κ2) is 3.53. The van der Waals surface area contributed by atoms with E-state index < -0.39 is 0 Å². The first-order valence-electron chi connectivity index (χ1n) is 4.54. The molecule has 0 spiro atoms. The zero-order chi connectivity index (χ0) is 9.97. The summed E-state index contributed by atoms with van der Waals surface area (Å²) < 4.78 is 3.45. The minimum absolute atomic E-state index is 0.0887. The van der Waals surface area contributed by atoms with Gasteiger partial charge in [0.1, 0.15) is 0 Å². The van der Waals surface area contributed by atoms with Crippen molar-refractivity contribution >= 4 is 0 Å². The van der Waals surface area contributed by atoms with Crippen LogP contribution in [0.1, 0.15) is 12.5 Å². The van der Waals surface area contributed by atoms with Gasteiger partial charge in [0.2, 0.25) is 0 Å². The number of H-pyrrole nitrogens is 1. The third-order valence-corrected chi connectivity index (χ3v) is 2.09. The van der Waals surface area contributed by atoms with Crippen LogP contribution in [0.25, 0.3) is 0 Å². The third-order valence-electron chi connectivity index (χ3n) is 2.09. The molecule has 5 nitrogen and oxygen atoms in total. The normalized spacial score (nSPS) is 10.6. The number of nitrogens with zero attached hydrogens (tertiary/aromatic N) is 3. The van der Waals surface area contributed by atoms with E-state index in [9.17, 15) is 4.79 Å². The lowest BCUT2D eigenvalue weighted by atomic mass is 10.3. The Morgan fingerprint density at radius 1 is 1.57 bits per heavy atom. The molecule has 0 aliphatic rings. The minimum Gasteiger partial charge on any atom is -0.313 e. The summed E-state index contributed by atoms with van der Waals surface area (Å²) in [7, 11) is 0. The molecular formula is C9H12N4O. The molecule has 0 radical (unpaired) electrons. The van der Waals surface area contributed by atoms with Crippen LogP contribution < -0.4 is 5.69 Å². The van der Waals surface area contributed by atoms with Crippen LogP contribution in [0.3, 0.4) is 0 Å². The van der Waals surface area contributed by atoms with E-state index in [1.807, 2.05) is 17.8 Å². The number of hydrogen-bond donors (Lipinski definition) is 1. The maximum atomic E-state index is 11.2. The summed E-state index contributed by atoms with van der Waals surface area (Å²) in [6.07, 6.45) is 7.08. The summed E-state index contributed by atoms with van der Waals surface area (Å²) in [5.74, 6) is 0. The van der Waals surface area contributed by atoms with Crippen LogP contribution in [0.15, 0.2) is 29.6 Å². The van der Waals surface area contributed by atoms with Gasteiger partial charge in [-0.2, -0.15) is 5.10 Å². The van der Waals surface area contributed by atoms with E-state index in [1.54, 1.807) is 23.2 Å². The monoisotopic (exact) mass is 192 g/mol. The number of aryl methyl sites for hydroxylation is 1. The molecule has 0 unspecified atom stereocenters. The van der Waals surface area contributed by atoms with Crippen LogP contribution in [-0.4, -0.2) is 19.3 Å². The fraction of sp³-hybridized carbons (Fsp3) is 0.333. The predicted molar refractivity (Wildman–Crippen MR) is 52.1 cm³/mol. The lowest BCUT2D eigenvalue weighted by Gasteiger charge is -1.96. The maximum Gasteiger partial charge on any atom is 0.325 e. The van der Waals surface area contributed by atoms with Crippen LogP contribution in [-0.2, 0) is 13.1 Å². The standard InChI is InChI=1S/C9H12N4O/c1-2-13-7-8(5-11-13)6-12-4-3-10-9(12)14/h3-5,7H,2,6H2,1H3,(H,10,14). The van der Waals surface area contributed by atoms with Crippen molar-refractivity contribution in [3.63, 3.8) is 0 Å².